The number of aliphatic hydroxyl groups is 1. The highest BCUT2D eigenvalue weighted by atomic mass is 32.1. The Hall–Kier alpha value is -2.03. The molecule has 0 fully saturated rings. The Bertz CT molecular complexity index is 738. The number of thiophene rings is 2. The van der Waals surface area contributed by atoms with Gasteiger partial charge in [-0.05, 0) is 33.8 Å². The van der Waals surface area contributed by atoms with Crippen LogP contribution in [0.15, 0.2) is 38.9 Å². The summed E-state index contributed by atoms with van der Waals surface area (Å²) in [6, 6.07) is 5.67. The molecule has 3 heterocycles. The average Bonchev–Trinajstić information content (AvgIpc) is 3.32. The SMILES string of the molecule is O=C(CCc1nc(-c2cccs2)no1)NCC(O)c1ccsc1. The Kier molecular flexibility index (Phi) is 5.16. The van der Waals surface area contributed by atoms with Crippen molar-refractivity contribution in [3.63, 3.8) is 0 Å². The predicted octanol–water partition coefficient (Wildman–Crippen LogP) is 2.64. The van der Waals surface area contributed by atoms with E-state index in [0.29, 0.717) is 18.1 Å². The van der Waals surface area contributed by atoms with Crippen LogP contribution in [0.5, 0.6) is 0 Å². The molecule has 0 aliphatic rings. The van der Waals surface area contributed by atoms with Gasteiger partial charge in [0, 0.05) is 19.4 Å². The number of nitrogens with zero attached hydrogens (tertiary/aromatic N) is 2. The summed E-state index contributed by atoms with van der Waals surface area (Å²) in [7, 11) is 0. The normalized spacial score (nSPS) is 12.2. The zero-order chi connectivity index (χ0) is 16.1. The van der Waals surface area contributed by atoms with Crippen LogP contribution in [-0.2, 0) is 11.2 Å². The van der Waals surface area contributed by atoms with Crippen LogP contribution >= 0.6 is 22.7 Å². The molecule has 3 rings (SSSR count). The standard InChI is InChI=1S/C15H15N3O3S2/c19-11(10-5-7-22-9-10)8-16-13(20)3-4-14-17-15(18-21-14)12-2-1-6-23-12/h1-2,5-7,9,11,19H,3-4,8H2,(H,16,20). The van der Waals surface area contributed by atoms with Gasteiger partial charge in [-0.15, -0.1) is 11.3 Å². The fraction of sp³-hybridized carbons (Fsp3) is 0.267. The highest BCUT2D eigenvalue weighted by Crippen LogP contribution is 2.21. The molecule has 0 bridgehead atoms. The summed E-state index contributed by atoms with van der Waals surface area (Å²) >= 11 is 3.04. The lowest BCUT2D eigenvalue weighted by Crippen LogP contribution is -2.28. The first-order chi connectivity index (χ1) is 11.2. The highest BCUT2D eigenvalue weighted by Gasteiger charge is 2.13. The number of rotatable bonds is 7. The zero-order valence-electron chi connectivity index (χ0n) is 12.1. The Morgan fingerprint density at radius 1 is 1.39 bits per heavy atom. The molecule has 1 amide bonds. The molecule has 0 radical (unpaired) electrons. The second-order valence-corrected chi connectivity index (χ2v) is 6.59. The fourth-order valence-electron chi connectivity index (χ4n) is 1.96. The van der Waals surface area contributed by atoms with Crippen LogP contribution < -0.4 is 5.32 Å². The largest absolute Gasteiger partial charge is 0.387 e. The van der Waals surface area contributed by atoms with E-state index in [4.69, 9.17) is 4.52 Å². The zero-order valence-corrected chi connectivity index (χ0v) is 13.8. The maximum atomic E-state index is 11.8. The van der Waals surface area contributed by atoms with Gasteiger partial charge >= 0.3 is 0 Å². The molecule has 8 heteroatoms. The summed E-state index contributed by atoms with van der Waals surface area (Å²) in [6.07, 6.45) is -0.0692. The van der Waals surface area contributed by atoms with Crippen molar-refractivity contribution < 1.29 is 14.4 Å². The van der Waals surface area contributed by atoms with Crippen LogP contribution in [0.1, 0.15) is 24.0 Å². The minimum atomic E-state index is -0.681. The van der Waals surface area contributed by atoms with E-state index in [0.717, 1.165) is 10.4 Å². The molecule has 2 N–H and O–H groups in total. The maximum absolute atomic E-state index is 11.8. The van der Waals surface area contributed by atoms with E-state index in [1.807, 2.05) is 34.3 Å². The van der Waals surface area contributed by atoms with Crippen molar-refractivity contribution in [3.8, 4) is 10.7 Å². The number of hydrogen-bond donors (Lipinski definition) is 2. The molecular weight excluding hydrogens is 334 g/mol. The third-order valence-corrected chi connectivity index (χ3v) is 4.76. The van der Waals surface area contributed by atoms with E-state index < -0.39 is 6.10 Å². The number of hydrogen-bond acceptors (Lipinski definition) is 7. The van der Waals surface area contributed by atoms with Crippen molar-refractivity contribution in [2.45, 2.75) is 18.9 Å². The van der Waals surface area contributed by atoms with Gasteiger partial charge < -0.3 is 14.9 Å². The molecule has 23 heavy (non-hydrogen) atoms. The van der Waals surface area contributed by atoms with Gasteiger partial charge in [0.15, 0.2) is 0 Å². The van der Waals surface area contributed by atoms with Gasteiger partial charge in [0.2, 0.25) is 17.6 Å². The Labute approximate surface area is 140 Å². The van der Waals surface area contributed by atoms with Gasteiger partial charge in [0.25, 0.3) is 0 Å². The van der Waals surface area contributed by atoms with Crippen LogP contribution in [0.2, 0.25) is 0 Å². The number of aliphatic hydroxyl groups excluding tert-OH is 1. The van der Waals surface area contributed by atoms with Crippen molar-refractivity contribution in [2.24, 2.45) is 0 Å². The van der Waals surface area contributed by atoms with E-state index >= 15 is 0 Å². The first-order valence-electron chi connectivity index (χ1n) is 7.05. The molecule has 3 aromatic rings. The number of aryl methyl sites for hydroxylation is 1. The number of carbonyl (C=O) groups is 1. The van der Waals surface area contributed by atoms with E-state index in [9.17, 15) is 9.90 Å². The van der Waals surface area contributed by atoms with E-state index in [2.05, 4.69) is 15.5 Å². The first kappa shape index (κ1) is 15.9. The second-order valence-electron chi connectivity index (χ2n) is 4.87. The summed E-state index contributed by atoms with van der Waals surface area (Å²) in [5.41, 5.74) is 0.813. The first-order valence-corrected chi connectivity index (χ1v) is 8.88. The lowest BCUT2D eigenvalue weighted by molar-refractivity contribution is -0.121. The molecule has 0 aliphatic heterocycles. The molecule has 0 saturated carbocycles. The van der Waals surface area contributed by atoms with Crippen LogP contribution in [0.3, 0.4) is 0 Å². The summed E-state index contributed by atoms with van der Waals surface area (Å²) < 4.78 is 5.14. The molecule has 1 unspecified atom stereocenters. The maximum Gasteiger partial charge on any atom is 0.227 e. The highest BCUT2D eigenvalue weighted by molar-refractivity contribution is 7.13. The van der Waals surface area contributed by atoms with Gasteiger partial charge in [0.05, 0.1) is 11.0 Å². The minimum absolute atomic E-state index is 0.157. The molecule has 120 valence electrons. The van der Waals surface area contributed by atoms with Gasteiger partial charge in [-0.2, -0.15) is 16.3 Å². The van der Waals surface area contributed by atoms with Crippen LogP contribution in [0, 0.1) is 0 Å². The summed E-state index contributed by atoms with van der Waals surface area (Å²) in [4.78, 5) is 17.0. The topological polar surface area (TPSA) is 88.2 Å². The summed E-state index contributed by atoms with van der Waals surface area (Å²) in [6.45, 7) is 0.194. The summed E-state index contributed by atoms with van der Waals surface area (Å²) in [5, 5.41) is 22.2. The Morgan fingerprint density at radius 2 is 2.30 bits per heavy atom. The van der Waals surface area contributed by atoms with Gasteiger partial charge in [-0.1, -0.05) is 11.2 Å². The Morgan fingerprint density at radius 3 is 3.04 bits per heavy atom. The molecule has 0 spiro atoms. The van der Waals surface area contributed by atoms with Gasteiger partial charge in [-0.25, -0.2) is 0 Å². The Balaban J connectivity index is 1.44. The molecule has 1 atom stereocenters. The number of carbonyl (C=O) groups excluding carboxylic acids is 1. The fourth-order valence-corrected chi connectivity index (χ4v) is 3.32. The van der Waals surface area contributed by atoms with Crippen molar-refractivity contribution in [1.82, 2.24) is 15.5 Å². The lowest BCUT2D eigenvalue weighted by Gasteiger charge is -2.09. The molecule has 0 saturated heterocycles. The molecular formula is C15H15N3O3S2. The molecule has 3 aromatic heterocycles. The van der Waals surface area contributed by atoms with Crippen LogP contribution in [0.4, 0.5) is 0 Å². The third kappa shape index (κ3) is 4.25. The minimum Gasteiger partial charge on any atom is -0.387 e. The lowest BCUT2D eigenvalue weighted by atomic mass is 10.2. The second kappa shape index (κ2) is 7.49. The molecule has 0 aromatic carbocycles. The van der Waals surface area contributed by atoms with Crippen molar-refractivity contribution >= 4 is 28.6 Å². The molecule has 0 aliphatic carbocycles. The van der Waals surface area contributed by atoms with Crippen LogP contribution in [-0.4, -0.2) is 27.7 Å². The van der Waals surface area contributed by atoms with Crippen molar-refractivity contribution in [1.29, 1.82) is 0 Å². The number of aromatic nitrogens is 2. The predicted molar refractivity (Wildman–Crippen MR) is 88.2 cm³/mol. The number of nitrogens with one attached hydrogen (secondary N) is 1. The van der Waals surface area contributed by atoms with Gasteiger partial charge in [-0.3, -0.25) is 4.79 Å². The average molecular weight is 349 g/mol. The van der Waals surface area contributed by atoms with E-state index in [1.165, 1.54) is 22.7 Å². The third-order valence-electron chi connectivity index (χ3n) is 3.20. The van der Waals surface area contributed by atoms with Crippen LogP contribution in [0.25, 0.3) is 10.7 Å². The van der Waals surface area contributed by atoms with E-state index in [-0.39, 0.29) is 18.9 Å². The van der Waals surface area contributed by atoms with E-state index in [1.54, 1.807) is 0 Å². The molecule has 6 nitrogen and oxygen atoms in total. The smallest absolute Gasteiger partial charge is 0.227 e. The summed E-state index contributed by atoms with van der Waals surface area (Å²) in [5.74, 6) is 0.820. The monoisotopic (exact) mass is 349 g/mol. The number of amides is 1. The van der Waals surface area contributed by atoms with Gasteiger partial charge in [0.1, 0.15) is 0 Å². The quantitative estimate of drug-likeness (QED) is 0.684. The van der Waals surface area contributed by atoms with Crippen molar-refractivity contribution in [2.75, 3.05) is 6.54 Å². The van der Waals surface area contributed by atoms with Crippen molar-refractivity contribution in [3.05, 3.63) is 45.8 Å².